The lowest BCUT2D eigenvalue weighted by Crippen LogP contribution is -2.66. The fraction of sp³-hybridized carbons (Fsp3) is 0.619. The number of ether oxygens (including phenoxy) is 1. The molecule has 0 radical (unpaired) electrons. The van der Waals surface area contributed by atoms with E-state index in [9.17, 15) is 9.59 Å². The highest BCUT2D eigenvalue weighted by Crippen LogP contribution is 2.40. The first kappa shape index (κ1) is 20.3. The number of piperidine rings is 1. The van der Waals surface area contributed by atoms with E-state index < -0.39 is 11.1 Å². The average molecular weight is 360 g/mol. The zero-order chi connectivity index (χ0) is 19.5. The van der Waals surface area contributed by atoms with Crippen molar-refractivity contribution in [2.75, 3.05) is 13.1 Å². The first-order valence-corrected chi connectivity index (χ1v) is 9.47. The molecule has 0 atom stereocenters. The van der Waals surface area contributed by atoms with Gasteiger partial charge in [-0.1, -0.05) is 18.2 Å². The molecule has 0 saturated carbocycles. The van der Waals surface area contributed by atoms with Gasteiger partial charge in [0.1, 0.15) is 6.10 Å². The van der Waals surface area contributed by atoms with E-state index in [0.29, 0.717) is 31.5 Å². The number of hydrogen-bond donors (Lipinski definition) is 0. The number of hydrogen-bond acceptors (Lipinski definition) is 3. The van der Waals surface area contributed by atoms with E-state index in [-0.39, 0.29) is 18.1 Å². The van der Waals surface area contributed by atoms with Crippen LogP contribution >= 0.6 is 0 Å². The van der Waals surface area contributed by atoms with Crippen LogP contribution in [0.25, 0.3) is 0 Å². The molecule has 1 aliphatic rings. The van der Waals surface area contributed by atoms with Gasteiger partial charge in [-0.2, -0.15) is 0 Å². The molecule has 0 unspecified atom stereocenters. The molecular formula is C21H32N2O3. The van der Waals surface area contributed by atoms with Gasteiger partial charge in [-0.25, -0.2) is 9.59 Å². The van der Waals surface area contributed by atoms with Gasteiger partial charge in [0.15, 0.2) is 0 Å². The molecule has 1 aliphatic heterocycles. The molecule has 0 bridgehead atoms. The summed E-state index contributed by atoms with van der Waals surface area (Å²) < 4.78 is 5.80. The molecule has 1 saturated heterocycles. The summed E-state index contributed by atoms with van der Waals surface area (Å²) in [7, 11) is 0. The Bertz CT molecular complexity index is 618. The van der Waals surface area contributed by atoms with Crippen LogP contribution in [0.15, 0.2) is 30.3 Å². The highest BCUT2D eigenvalue weighted by Gasteiger charge is 2.49. The SMILES string of the molecule is CCN(CC)C(=O)N1C(C)(C)CC(OC(=O)c2ccccc2)CC1(C)C. The maximum Gasteiger partial charge on any atom is 0.338 e. The summed E-state index contributed by atoms with van der Waals surface area (Å²) in [5.41, 5.74) is -0.240. The van der Waals surface area contributed by atoms with Gasteiger partial charge in [-0.15, -0.1) is 0 Å². The lowest BCUT2D eigenvalue weighted by molar-refractivity contribution is -0.0674. The van der Waals surface area contributed by atoms with Crippen LogP contribution < -0.4 is 0 Å². The Morgan fingerprint density at radius 2 is 1.54 bits per heavy atom. The number of rotatable bonds is 4. The summed E-state index contributed by atoms with van der Waals surface area (Å²) >= 11 is 0. The van der Waals surface area contributed by atoms with Gasteiger partial charge in [0, 0.05) is 37.0 Å². The molecule has 1 aromatic carbocycles. The Balaban J connectivity index is 2.18. The van der Waals surface area contributed by atoms with E-state index in [1.165, 1.54) is 0 Å². The maximum atomic E-state index is 13.1. The third-order valence-electron chi connectivity index (χ3n) is 5.17. The van der Waals surface area contributed by atoms with Crippen molar-refractivity contribution in [2.24, 2.45) is 0 Å². The minimum Gasteiger partial charge on any atom is -0.459 e. The zero-order valence-corrected chi connectivity index (χ0v) is 16.9. The minimum atomic E-state index is -0.400. The minimum absolute atomic E-state index is 0.0536. The Morgan fingerprint density at radius 1 is 1.04 bits per heavy atom. The summed E-state index contributed by atoms with van der Waals surface area (Å²) in [6, 6.07) is 9.11. The first-order chi connectivity index (χ1) is 12.1. The van der Waals surface area contributed by atoms with Crippen molar-refractivity contribution in [3.05, 3.63) is 35.9 Å². The topological polar surface area (TPSA) is 49.9 Å². The van der Waals surface area contributed by atoms with Crippen molar-refractivity contribution in [3.63, 3.8) is 0 Å². The highest BCUT2D eigenvalue weighted by molar-refractivity contribution is 5.89. The van der Waals surface area contributed by atoms with E-state index in [1.54, 1.807) is 12.1 Å². The molecule has 2 rings (SSSR count). The van der Waals surface area contributed by atoms with Crippen molar-refractivity contribution in [2.45, 2.75) is 71.6 Å². The molecule has 0 spiro atoms. The lowest BCUT2D eigenvalue weighted by Gasteiger charge is -2.55. The standard InChI is InChI=1S/C21H32N2O3/c1-7-22(8-2)19(25)23-20(3,4)14-17(15-21(23,5)6)26-18(24)16-12-10-9-11-13-16/h9-13,17H,7-8,14-15H2,1-6H3. The van der Waals surface area contributed by atoms with Crippen LogP contribution in [0.4, 0.5) is 4.79 Å². The first-order valence-electron chi connectivity index (χ1n) is 9.47. The van der Waals surface area contributed by atoms with E-state index in [2.05, 4.69) is 27.7 Å². The number of likely N-dealkylation sites (tertiary alicyclic amines) is 1. The normalized spacial score (nSPS) is 19.1. The van der Waals surface area contributed by atoms with Crippen LogP contribution in [0.1, 0.15) is 64.7 Å². The zero-order valence-electron chi connectivity index (χ0n) is 16.9. The summed E-state index contributed by atoms with van der Waals surface area (Å²) in [6.45, 7) is 13.6. The molecule has 5 nitrogen and oxygen atoms in total. The number of carbonyl (C=O) groups is 2. The fourth-order valence-electron chi connectivity index (χ4n) is 4.22. The van der Waals surface area contributed by atoms with E-state index >= 15 is 0 Å². The van der Waals surface area contributed by atoms with Crippen molar-refractivity contribution >= 4 is 12.0 Å². The summed E-state index contributed by atoms with van der Waals surface area (Å²) in [4.78, 5) is 29.3. The van der Waals surface area contributed by atoms with Crippen LogP contribution in [0, 0.1) is 0 Å². The van der Waals surface area contributed by atoms with Gasteiger partial charge >= 0.3 is 12.0 Å². The highest BCUT2D eigenvalue weighted by atomic mass is 16.5. The maximum absolute atomic E-state index is 13.1. The van der Waals surface area contributed by atoms with Crippen molar-refractivity contribution in [1.29, 1.82) is 0 Å². The van der Waals surface area contributed by atoms with E-state index in [4.69, 9.17) is 4.74 Å². The predicted molar refractivity (Wildman–Crippen MR) is 103 cm³/mol. The van der Waals surface area contributed by atoms with Crippen LogP contribution in [-0.4, -0.2) is 52.1 Å². The molecule has 0 aliphatic carbocycles. The second kappa shape index (κ2) is 7.68. The average Bonchev–Trinajstić information content (AvgIpc) is 2.54. The van der Waals surface area contributed by atoms with Crippen LogP contribution in [0.5, 0.6) is 0 Å². The second-order valence-electron chi connectivity index (χ2n) is 8.22. The third-order valence-corrected chi connectivity index (χ3v) is 5.17. The number of carbonyl (C=O) groups excluding carboxylic acids is 2. The molecule has 1 fully saturated rings. The molecule has 1 heterocycles. The number of esters is 1. The molecule has 0 aromatic heterocycles. The molecule has 0 N–H and O–H groups in total. The number of urea groups is 1. The van der Waals surface area contributed by atoms with Crippen LogP contribution in [-0.2, 0) is 4.74 Å². The Hall–Kier alpha value is -2.04. The van der Waals surface area contributed by atoms with Gasteiger partial charge in [-0.3, -0.25) is 0 Å². The molecule has 26 heavy (non-hydrogen) atoms. The summed E-state index contributed by atoms with van der Waals surface area (Å²) in [6.07, 6.45) is 1.04. The predicted octanol–water partition coefficient (Wildman–Crippen LogP) is 4.33. The number of benzene rings is 1. The van der Waals surface area contributed by atoms with E-state index in [1.807, 2.05) is 41.8 Å². The smallest absolute Gasteiger partial charge is 0.338 e. The number of nitrogens with zero attached hydrogens (tertiary/aromatic N) is 2. The Labute approximate surface area is 157 Å². The number of amides is 2. The summed E-state index contributed by atoms with van der Waals surface area (Å²) in [5, 5.41) is 0. The van der Waals surface area contributed by atoms with Gasteiger partial charge in [0.05, 0.1) is 5.56 Å². The third kappa shape index (κ3) is 4.19. The van der Waals surface area contributed by atoms with Gasteiger partial charge in [-0.05, 0) is 53.7 Å². The van der Waals surface area contributed by atoms with Crippen molar-refractivity contribution < 1.29 is 14.3 Å². The van der Waals surface area contributed by atoms with Crippen LogP contribution in [0.3, 0.4) is 0 Å². The van der Waals surface area contributed by atoms with Crippen molar-refractivity contribution in [3.8, 4) is 0 Å². The molecule has 5 heteroatoms. The quantitative estimate of drug-likeness (QED) is 0.751. The molecule has 2 amide bonds. The van der Waals surface area contributed by atoms with Crippen LogP contribution in [0.2, 0.25) is 0 Å². The van der Waals surface area contributed by atoms with Crippen molar-refractivity contribution in [1.82, 2.24) is 9.80 Å². The fourth-order valence-corrected chi connectivity index (χ4v) is 4.22. The van der Waals surface area contributed by atoms with Gasteiger partial charge in [0.2, 0.25) is 0 Å². The Morgan fingerprint density at radius 3 is 2.00 bits per heavy atom. The summed E-state index contributed by atoms with van der Waals surface area (Å²) in [5.74, 6) is -0.300. The largest absolute Gasteiger partial charge is 0.459 e. The second-order valence-corrected chi connectivity index (χ2v) is 8.22. The van der Waals surface area contributed by atoms with Gasteiger partial charge < -0.3 is 14.5 Å². The van der Waals surface area contributed by atoms with Gasteiger partial charge in [0.25, 0.3) is 0 Å². The lowest BCUT2D eigenvalue weighted by atomic mass is 9.78. The molecule has 1 aromatic rings. The monoisotopic (exact) mass is 360 g/mol. The molecule has 144 valence electrons. The van der Waals surface area contributed by atoms with E-state index in [0.717, 1.165) is 0 Å². The Kier molecular flexibility index (Phi) is 5.99. The molecular weight excluding hydrogens is 328 g/mol.